The molecule has 0 amide bonds. The number of benzene rings is 2. The van der Waals surface area contributed by atoms with Gasteiger partial charge in [-0.05, 0) is 30.3 Å². The first-order chi connectivity index (χ1) is 8.99. The lowest BCUT2D eigenvalue weighted by Gasteiger charge is -2.07. The van der Waals surface area contributed by atoms with Crippen molar-refractivity contribution in [3.8, 4) is 0 Å². The second kappa shape index (κ2) is 6.16. The molecule has 2 rings (SSSR count). The van der Waals surface area contributed by atoms with Crippen LogP contribution in [0.25, 0.3) is 0 Å². The standard InChI is InChI=1S/C14H8Br2ClFO/c15-8-4-5-9(11(16)6-8)14(19)7-10-12(17)2-1-3-13(10)18/h1-6H,7H2. The lowest BCUT2D eigenvalue weighted by Crippen LogP contribution is -2.06. The maximum Gasteiger partial charge on any atom is 0.168 e. The lowest BCUT2D eigenvalue weighted by molar-refractivity contribution is 0.0991. The van der Waals surface area contributed by atoms with Crippen molar-refractivity contribution in [2.75, 3.05) is 0 Å². The molecule has 2 aromatic rings. The maximum absolute atomic E-state index is 13.6. The van der Waals surface area contributed by atoms with Crippen LogP contribution < -0.4 is 0 Å². The van der Waals surface area contributed by atoms with Crippen LogP contribution in [0.2, 0.25) is 5.02 Å². The minimum atomic E-state index is -0.464. The molecule has 5 heteroatoms. The third-order valence-corrected chi connectivity index (χ3v) is 4.13. The van der Waals surface area contributed by atoms with Crippen LogP contribution in [0.3, 0.4) is 0 Å². The summed E-state index contributed by atoms with van der Waals surface area (Å²) in [4.78, 5) is 12.2. The van der Waals surface area contributed by atoms with Crippen molar-refractivity contribution < 1.29 is 9.18 Å². The van der Waals surface area contributed by atoms with Crippen LogP contribution in [-0.4, -0.2) is 5.78 Å². The van der Waals surface area contributed by atoms with E-state index in [0.717, 1.165) is 4.47 Å². The van der Waals surface area contributed by atoms with Crippen LogP contribution in [0.5, 0.6) is 0 Å². The Morgan fingerprint density at radius 1 is 1.21 bits per heavy atom. The predicted octanol–water partition coefficient (Wildman–Crippen LogP) is 5.43. The highest BCUT2D eigenvalue weighted by Crippen LogP contribution is 2.25. The molecule has 0 unspecified atom stereocenters. The summed E-state index contributed by atoms with van der Waals surface area (Å²) in [6.07, 6.45) is -0.0638. The van der Waals surface area contributed by atoms with Crippen molar-refractivity contribution in [2.45, 2.75) is 6.42 Å². The molecule has 0 aliphatic rings. The summed E-state index contributed by atoms with van der Waals surface area (Å²) in [6.45, 7) is 0. The number of hydrogen-bond donors (Lipinski definition) is 0. The number of ketones is 1. The molecule has 0 aromatic heterocycles. The number of carbonyl (C=O) groups is 1. The van der Waals surface area contributed by atoms with Gasteiger partial charge in [-0.25, -0.2) is 4.39 Å². The second-order valence-electron chi connectivity index (χ2n) is 3.92. The van der Waals surface area contributed by atoms with Gasteiger partial charge in [-0.1, -0.05) is 49.5 Å². The Labute approximate surface area is 132 Å². The molecule has 0 fully saturated rings. The molecule has 0 atom stereocenters. The highest BCUT2D eigenvalue weighted by Gasteiger charge is 2.15. The minimum absolute atomic E-state index is 0.0638. The highest BCUT2D eigenvalue weighted by molar-refractivity contribution is 9.11. The maximum atomic E-state index is 13.6. The average Bonchev–Trinajstić information content (AvgIpc) is 2.33. The van der Waals surface area contributed by atoms with Gasteiger partial charge in [0, 0.05) is 31.5 Å². The average molecular weight is 406 g/mol. The van der Waals surface area contributed by atoms with Gasteiger partial charge in [-0.15, -0.1) is 0 Å². The van der Waals surface area contributed by atoms with Gasteiger partial charge >= 0.3 is 0 Å². The molecule has 0 heterocycles. The van der Waals surface area contributed by atoms with Crippen LogP contribution in [0, 0.1) is 5.82 Å². The number of hydrogen-bond acceptors (Lipinski definition) is 1. The molecule has 0 spiro atoms. The van der Waals surface area contributed by atoms with Gasteiger partial charge in [0.2, 0.25) is 0 Å². The Balaban J connectivity index is 2.31. The smallest absolute Gasteiger partial charge is 0.168 e. The molecule has 0 radical (unpaired) electrons. The van der Waals surface area contributed by atoms with E-state index in [1.807, 2.05) is 0 Å². The first-order valence-electron chi connectivity index (χ1n) is 5.40. The fourth-order valence-electron chi connectivity index (χ4n) is 1.67. The molecule has 0 N–H and O–H groups in total. The fourth-order valence-corrected chi connectivity index (χ4v) is 3.17. The molecule has 2 aromatic carbocycles. The summed E-state index contributed by atoms with van der Waals surface area (Å²) in [6, 6.07) is 9.61. The molecule has 0 saturated carbocycles. The van der Waals surface area contributed by atoms with Gasteiger partial charge in [0.15, 0.2) is 5.78 Å². The summed E-state index contributed by atoms with van der Waals surface area (Å²) in [5.74, 6) is -0.652. The van der Waals surface area contributed by atoms with E-state index in [4.69, 9.17) is 11.6 Å². The molecule has 19 heavy (non-hydrogen) atoms. The van der Waals surface area contributed by atoms with Gasteiger partial charge in [-0.2, -0.15) is 0 Å². The van der Waals surface area contributed by atoms with Gasteiger partial charge in [0.25, 0.3) is 0 Å². The summed E-state index contributed by atoms with van der Waals surface area (Å²) in [5.41, 5.74) is 0.728. The molecule has 0 aliphatic carbocycles. The third-order valence-electron chi connectivity index (χ3n) is 2.63. The van der Waals surface area contributed by atoms with Gasteiger partial charge in [0.1, 0.15) is 5.82 Å². The Hall–Kier alpha value is -0.710. The molecule has 98 valence electrons. The summed E-state index contributed by atoms with van der Waals surface area (Å²) < 4.78 is 15.2. The summed E-state index contributed by atoms with van der Waals surface area (Å²) >= 11 is 12.5. The molecule has 0 saturated heterocycles. The summed E-state index contributed by atoms with van der Waals surface area (Å²) in [5, 5.41) is 0.265. The molecule has 0 aliphatic heterocycles. The van der Waals surface area contributed by atoms with Crippen molar-refractivity contribution in [1.29, 1.82) is 0 Å². The van der Waals surface area contributed by atoms with Gasteiger partial charge in [0.05, 0.1) is 0 Å². The first kappa shape index (κ1) is 14.7. The van der Waals surface area contributed by atoms with Crippen LogP contribution in [0.1, 0.15) is 15.9 Å². The van der Waals surface area contributed by atoms with Gasteiger partial charge < -0.3 is 0 Å². The zero-order valence-corrected chi connectivity index (χ0v) is 13.5. The van der Waals surface area contributed by atoms with Crippen molar-refractivity contribution in [2.24, 2.45) is 0 Å². The van der Waals surface area contributed by atoms with E-state index in [0.29, 0.717) is 10.0 Å². The quantitative estimate of drug-likeness (QED) is 0.621. The number of carbonyl (C=O) groups excluding carboxylic acids is 1. The van der Waals surface area contributed by atoms with Crippen molar-refractivity contribution in [1.82, 2.24) is 0 Å². The van der Waals surface area contributed by atoms with E-state index in [2.05, 4.69) is 31.9 Å². The monoisotopic (exact) mass is 404 g/mol. The first-order valence-corrected chi connectivity index (χ1v) is 7.36. The Morgan fingerprint density at radius 3 is 2.58 bits per heavy atom. The lowest BCUT2D eigenvalue weighted by atomic mass is 10.0. The largest absolute Gasteiger partial charge is 0.294 e. The molecular weight excluding hydrogens is 398 g/mol. The van der Waals surface area contributed by atoms with E-state index in [-0.39, 0.29) is 22.8 Å². The van der Waals surface area contributed by atoms with E-state index in [1.165, 1.54) is 12.1 Å². The highest BCUT2D eigenvalue weighted by atomic mass is 79.9. The Morgan fingerprint density at radius 2 is 1.95 bits per heavy atom. The van der Waals surface area contributed by atoms with Gasteiger partial charge in [-0.3, -0.25) is 4.79 Å². The van der Waals surface area contributed by atoms with E-state index >= 15 is 0 Å². The van der Waals surface area contributed by atoms with Crippen LogP contribution in [0.15, 0.2) is 45.3 Å². The van der Waals surface area contributed by atoms with Crippen LogP contribution in [-0.2, 0) is 6.42 Å². The van der Waals surface area contributed by atoms with Crippen molar-refractivity contribution >= 4 is 49.2 Å². The minimum Gasteiger partial charge on any atom is -0.294 e. The molecular formula is C14H8Br2ClFO. The third kappa shape index (κ3) is 3.44. The zero-order chi connectivity index (χ0) is 14.0. The zero-order valence-electron chi connectivity index (χ0n) is 9.59. The number of halogens is 4. The van der Waals surface area contributed by atoms with Crippen molar-refractivity contribution in [3.63, 3.8) is 0 Å². The summed E-state index contributed by atoms with van der Waals surface area (Å²) in [7, 11) is 0. The molecule has 1 nitrogen and oxygen atoms in total. The normalized spacial score (nSPS) is 10.5. The van der Waals surface area contributed by atoms with Crippen LogP contribution in [0.4, 0.5) is 4.39 Å². The van der Waals surface area contributed by atoms with E-state index in [9.17, 15) is 9.18 Å². The Bertz CT molecular complexity index is 623. The second-order valence-corrected chi connectivity index (χ2v) is 6.10. The SMILES string of the molecule is O=C(Cc1c(F)cccc1Cl)c1ccc(Br)cc1Br. The Kier molecular flexibility index (Phi) is 4.76. The van der Waals surface area contributed by atoms with E-state index < -0.39 is 5.82 Å². The molecule has 0 bridgehead atoms. The fraction of sp³-hybridized carbons (Fsp3) is 0.0714. The topological polar surface area (TPSA) is 17.1 Å². The predicted molar refractivity (Wildman–Crippen MR) is 81.3 cm³/mol. The number of rotatable bonds is 3. The van der Waals surface area contributed by atoms with Crippen molar-refractivity contribution in [3.05, 3.63) is 67.3 Å². The van der Waals surface area contributed by atoms with E-state index in [1.54, 1.807) is 24.3 Å². The number of Topliss-reactive ketones (excluding diaryl/α,β-unsaturated/α-hetero) is 1. The van der Waals surface area contributed by atoms with Crippen LogP contribution >= 0.6 is 43.5 Å².